The summed E-state index contributed by atoms with van der Waals surface area (Å²) < 4.78 is 15.7. The van der Waals surface area contributed by atoms with E-state index < -0.39 is 5.82 Å². The Morgan fingerprint density at radius 1 is 1.21 bits per heavy atom. The molecular formula is C23H27FN10. The number of nitrogens with zero attached hydrogens (tertiary/aromatic N) is 8. The van der Waals surface area contributed by atoms with E-state index in [0.29, 0.717) is 40.8 Å². The molecule has 0 bridgehead atoms. The minimum absolute atomic E-state index is 0.217. The van der Waals surface area contributed by atoms with Gasteiger partial charge >= 0.3 is 0 Å². The number of nitrogens with one attached hydrogen (secondary N) is 2. The second kappa shape index (κ2) is 9.69. The summed E-state index contributed by atoms with van der Waals surface area (Å²) in [6.45, 7) is 4.84. The molecule has 11 heteroatoms. The summed E-state index contributed by atoms with van der Waals surface area (Å²) in [6, 6.07) is 7.29. The van der Waals surface area contributed by atoms with Gasteiger partial charge in [0.15, 0.2) is 5.82 Å². The van der Waals surface area contributed by atoms with Crippen molar-refractivity contribution < 1.29 is 4.39 Å². The van der Waals surface area contributed by atoms with E-state index in [-0.39, 0.29) is 5.69 Å². The van der Waals surface area contributed by atoms with Crippen LogP contribution in [0, 0.1) is 30.0 Å². The standard InChI is InChI=1S/C23H27FN10/c1-15-30-31-32-34(15)21-11-18(7-8-19(21)24)28-23-27-14-17(12-25)22(29-23)26-13-16-5-4-10-33-9-3-2-6-20(16)33/h7-8,11,14,16,20H,2-6,9-10,13H2,1H3,(H2,26,27,28,29). The van der Waals surface area contributed by atoms with Crippen molar-refractivity contribution in [3.63, 3.8) is 0 Å². The molecule has 3 aromatic rings. The SMILES string of the molecule is Cc1nnnn1-c1cc(Nc2ncc(C#N)c(NCC3CCCN4CCCCC34)n2)ccc1F. The van der Waals surface area contributed by atoms with Crippen LogP contribution in [0.5, 0.6) is 0 Å². The lowest BCUT2D eigenvalue weighted by Gasteiger charge is -2.44. The van der Waals surface area contributed by atoms with Crippen LogP contribution in [0.15, 0.2) is 24.4 Å². The predicted molar refractivity (Wildman–Crippen MR) is 124 cm³/mol. The van der Waals surface area contributed by atoms with E-state index in [4.69, 9.17) is 0 Å². The lowest BCUT2D eigenvalue weighted by molar-refractivity contribution is 0.0649. The van der Waals surface area contributed by atoms with Crippen molar-refractivity contribution in [1.82, 2.24) is 35.1 Å². The number of fused-ring (bicyclic) bond motifs is 1. The molecule has 2 fully saturated rings. The van der Waals surface area contributed by atoms with Crippen molar-refractivity contribution in [1.29, 1.82) is 5.26 Å². The Hall–Kier alpha value is -3.65. The van der Waals surface area contributed by atoms with Crippen LogP contribution >= 0.6 is 0 Å². The molecule has 2 atom stereocenters. The number of aryl methyl sites for hydroxylation is 1. The molecule has 0 amide bonds. The maximum Gasteiger partial charge on any atom is 0.229 e. The lowest BCUT2D eigenvalue weighted by Crippen LogP contribution is -2.49. The van der Waals surface area contributed by atoms with Crippen LogP contribution in [0.25, 0.3) is 5.69 Å². The average Bonchev–Trinajstić information content (AvgIpc) is 3.29. The molecule has 2 aliphatic heterocycles. The number of nitriles is 1. The van der Waals surface area contributed by atoms with E-state index >= 15 is 0 Å². The number of aromatic nitrogens is 6. The van der Waals surface area contributed by atoms with Gasteiger partial charge in [0.25, 0.3) is 0 Å². The molecule has 1 aromatic carbocycles. The number of piperidine rings is 2. The fourth-order valence-electron chi connectivity index (χ4n) is 5.04. The minimum atomic E-state index is -0.451. The normalized spacial score (nSPS) is 20.4. The van der Waals surface area contributed by atoms with Crippen LogP contribution in [0.2, 0.25) is 0 Å². The summed E-state index contributed by atoms with van der Waals surface area (Å²) in [4.78, 5) is 11.4. The molecule has 2 aromatic heterocycles. The van der Waals surface area contributed by atoms with Crippen LogP contribution < -0.4 is 10.6 Å². The van der Waals surface area contributed by atoms with Gasteiger partial charge in [-0.15, -0.1) is 5.10 Å². The van der Waals surface area contributed by atoms with Crippen molar-refractivity contribution in [3.05, 3.63) is 41.6 Å². The first-order valence-corrected chi connectivity index (χ1v) is 11.7. The first-order valence-electron chi connectivity index (χ1n) is 11.7. The molecule has 2 saturated heterocycles. The molecule has 0 aliphatic carbocycles. The Bertz CT molecular complexity index is 1200. The molecular weight excluding hydrogens is 435 g/mol. The maximum absolute atomic E-state index is 14.4. The summed E-state index contributed by atoms with van der Waals surface area (Å²) in [7, 11) is 0. The molecule has 2 unspecified atom stereocenters. The number of hydrogen-bond donors (Lipinski definition) is 2. The average molecular weight is 463 g/mol. The summed E-state index contributed by atoms with van der Waals surface area (Å²) in [5, 5.41) is 27.3. The Morgan fingerprint density at radius 2 is 2.09 bits per heavy atom. The first kappa shape index (κ1) is 22.2. The summed E-state index contributed by atoms with van der Waals surface area (Å²) >= 11 is 0. The first-order chi connectivity index (χ1) is 16.6. The largest absolute Gasteiger partial charge is 0.368 e. The van der Waals surface area contributed by atoms with Gasteiger partial charge in [-0.2, -0.15) is 14.9 Å². The fourth-order valence-corrected chi connectivity index (χ4v) is 5.04. The zero-order valence-electron chi connectivity index (χ0n) is 19.1. The summed E-state index contributed by atoms with van der Waals surface area (Å²) in [6.07, 6.45) is 7.70. The molecule has 176 valence electrons. The van der Waals surface area contributed by atoms with E-state index in [2.05, 4.69) is 47.1 Å². The number of benzene rings is 1. The van der Waals surface area contributed by atoms with Gasteiger partial charge in [0, 0.05) is 18.3 Å². The molecule has 34 heavy (non-hydrogen) atoms. The van der Waals surface area contributed by atoms with E-state index in [0.717, 1.165) is 6.54 Å². The van der Waals surface area contributed by atoms with Crippen LogP contribution in [0.3, 0.4) is 0 Å². The van der Waals surface area contributed by atoms with Gasteiger partial charge in [0.05, 0.1) is 6.20 Å². The zero-order chi connectivity index (χ0) is 23.5. The third kappa shape index (κ3) is 4.54. The number of halogens is 1. The summed E-state index contributed by atoms with van der Waals surface area (Å²) in [5.41, 5.74) is 1.19. The minimum Gasteiger partial charge on any atom is -0.368 e. The van der Waals surface area contributed by atoms with Crippen LogP contribution in [0.4, 0.5) is 21.8 Å². The zero-order valence-corrected chi connectivity index (χ0v) is 19.1. The highest BCUT2D eigenvalue weighted by Gasteiger charge is 2.32. The third-order valence-electron chi connectivity index (χ3n) is 6.73. The smallest absolute Gasteiger partial charge is 0.229 e. The number of rotatable bonds is 6. The van der Waals surface area contributed by atoms with Crippen molar-refractivity contribution >= 4 is 17.5 Å². The van der Waals surface area contributed by atoms with E-state index in [1.54, 1.807) is 19.1 Å². The van der Waals surface area contributed by atoms with E-state index in [1.807, 2.05) is 0 Å². The molecule has 5 rings (SSSR count). The van der Waals surface area contributed by atoms with Crippen molar-refractivity contribution in [2.45, 2.75) is 45.1 Å². The predicted octanol–water partition coefficient (Wildman–Crippen LogP) is 3.19. The molecule has 10 nitrogen and oxygen atoms in total. The van der Waals surface area contributed by atoms with E-state index in [9.17, 15) is 9.65 Å². The van der Waals surface area contributed by atoms with Crippen molar-refractivity contribution in [2.24, 2.45) is 5.92 Å². The van der Waals surface area contributed by atoms with Crippen LogP contribution in [-0.4, -0.2) is 60.8 Å². The van der Waals surface area contributed by atoms with Crippen LogP contribution in [0.1, 0.15) is 43.5 Å². The van der Waals surface area contributed by atoms with Gasteiger partial charge in [0.2, 0.25) is 5.95 Å². The highest BCUT2D eigenvalue weighted by molar-refractivity contribution is 5.61. The Balaban J connectivity index is 1.33. The Labute approximate surface area is 197 Å². The molecule has 0 spiro atoms. The monoisotopic (exact) mass is 462 g/mol. The number of hydrogen-bond acceptors (Lipinski definition) is 9. The van der Waals surface area contributed by atoms with Gasteiger partial charge in [-0.05, 0) is 80.2 Å². The fraction of sp³-hybridized carbons (Fsp3) is 0.478. The van der Waals surface area contributed by atoms with E-state index in [1.165, 1.54) is 62.1 Å². The van der Waals surface area contributed by atoms with Gasteiger partial charge < -0.3 is 15.5 Å². The van der Waals surface area contributed by atoms with Gasteiger partial charge in [0.1, 0.15) is 29.0 Å². The second-order valence-electron chi connectivity index (χ2n) is 8.88. The second-order valence-corrected chi connectivity index (χ2v) is 8.88. The Kier molecular flexibility index (Phi) is 6.31. The van der Waals surface area contributed by atoms with Gasteiger partial charge in [-0.3, -0.25) is 0 Å². The molecule has 0 saturated carbocycles. The lowest BCUT2D eigenvalue weighted by atomic mass is 9.83. The van der Waals surface area contributed by atoms with Crippen LogP contribution in [-0.2, 0) is 0 Å². The molecule has 4 heterocycles. The molecule has 0 radical (unpaired) electrons. The number of tetrazole rings is 1. The summed E-state index contributed by atoms with van der Waals surface area (Å²) in [5.74, 6) is 1.37. The van der Waals surface area contributed by atoms with Gasteiger partial charge in [-0.1, -0.05) is 6.42 Å². The maximum atomic E-state index is 14.4. The number of anilines is 3. The Morgan fingerprint density at radius 3 is 2.91 bits per heavy atom. The topological polar surface area (TPSA) is 120 Å². The van der Waals surface area contributed by atoms with Crippen molar-refractivity contribution in [2.75, 3.05) is 30.3 Å². The van der Waals surface area contributed by atoms with Gasteiger partial charge in [-0.25, -0.2) is 9.37 Å². The van der Waals surface area contributed by atoms with Crippen molar-refractivity contribution in [3.8, 4) is 11.8 Å². The third-order valence-corrected chi connectivity index (χ3v) is 6.73. The highest BCUT2D eigenvalue weighted by atomic mass is 19.1. The quantitative estimate of drug-likeness (QED) is 0.569. The molecule has 2 aliphatic rings. The molecule has 2 N–H and O–H groups in total. The highest BCUT2D eigenvalue weighted by Crippen LogP contribution is 2.31.